The summed E-state index contributed by atoms with van der Waals surface area (Å²) >= 11 is 0. The van der Waals surface area contributed by atoms with Crippen LogP contribution in [0.4, 0.5) is 13.2 Å². The molecule has 0 spiro atoms. The van der Waals surface area contributed by atoms with Crippen LogP contribution in [0.3, 0.4) is 0 Å². The van der Waals surface area contributed by atoms with Crippen molar-refractivity contribution in [2.45, 2.75) is 31.7 Å². The van der Waals surface area contributed by atoms with Gasteiger partial charge in [-0.3, -0.25) is 9.78 Å². The zero-order valence-electron chi connectivity index (χ0n) is 15.3. The number of nitrogens with one attached hydrogen (secondary N) is 1. The van der Waals surface area contributed by atoms with Crippen LogP contribution >= 0.6 is 13.5 Å². The van der Waals surface area contributed by atoms with E-state index >= 15 is 0 Å². The average molecular weight is 406 g/mol. The highest BCUT2D eigenvalue weighted by molar-refractivity contribution is 7.59. The van der Waals surface area contributed by atoms with Crippen molar-refractivity contribution in [2.24, 2.45) is 0 Å². The summed E-state index contributed by atoms with van der Waals surface area (Å²) in [4.78, 5) is 16.7. The smallest absolute Gasteiger partial charge is 0.253 e. The quantitative estimate of drug-likeness (QED) is 0.634. The molecule has 0 radical (unpaired) electrons. The second-order valence-electron chi connectivity index (χ2n) is 6.81. The molecule has 0 aliphatic carbocycles. The first kappa shape index (κ1) is 21.8. The number of amides is 1. The van der Waals surface area contributed by atoms with Crippen LogP contribution in [-0.2, 0) is 6.42 Å². The van der Waals surface area contributed by atoms with Crippen molar-refractivity contribution in [3.05, 3.63) is 77.7 Å². The Balaban J connectivity index is 0.00000280. The van der Waals surface area contributed by atoms with Gasteiger partial charge in [0.05, 0.1) is 5.56 Å². The summed E-state index contributed by atoms with van der Waals surface area (Å²) in [5.74, 6) is -1.00. The van der Waals surface area contributed by atoms with Gasteiger partial charge in [0, 0.05) is 23.5 Å². The second-order valence-corrected chi connectivity index (χ2v) is 6.81. The summed E-state index contributed by atoms with van der Waals surface area (Å²) in [6.45, 7) is 1.60. The number of nitrogens with zero attached hydrogens (tertiary/aromatic N) is 1. The summed E-state index contributed by atoms with van der Waals surface area (Å²) in [7, 11) is 0. The van der Waals surface area contributed by atoms with Crippen molar-refractivity contribution in [3.63, 3.8) is 0 Å². The van der Waals surface area contributed by atoms with E-state index in [4.69, 9.17) is 0 Å². The summed E-state index contributed by atoms with van der Waals surface area (Å²) in [5, 5.41) is 3.19. The van der Waals surface area contributed by atoms with Crippen molar-refractivity contribution in [3.8, 4) is 0 Å². The van der Waals surface area contributed by atoms with E-state index in [-0.39, 0.29) is 31.0 Å². The van der Waals surface area contributed by atoms with Crippen LogP contribution in [0, 0.1) is 5.82 Å². The molecule has 148 valence electrons. The number of rotatable bonds is 6. The van der Waals surface area contributed by atoms with E-state index in [2.05, 4.69) is 10.3 Å². The molecule has 7 heteroatoms. The number of carbonyl (C=O) groups excluding carboxylic acids is 1. The maximum Gasteiger partial charge on any atom is 0.253 e. The van der Waals surface area contributed by atoms with E-state index in [1.807, 2.05) is 30.3 Å². The molecule has 0 saturated carbocycles. The zero-order valence-corrected chi connectivity index (χ0v) is 16.3. The maximum absolute atomic E-state index is 13.7. The van der Waals surface area contributed by atoms with Crippen LogP contribution in [-0.4, -0.2) is 22.9 Å². The van der Waals surface area contributed by atoms with Crippen molar-refractivity contribution >= 4 is 30.3 Å². The van der Waals surface area contributed by atoms with Crippen molar-refractivity contribution in [2.75, 3.05) is 0 Å². The van der Waals surface area contributed by atoms with Gasteiger partial charge in [-0.25, -0.2) is 13.2 Å². The average Bonchev–Trinajstić information content (AvgIpc) is 2.61. The molecule has 1 heterocycles. The number of benzene rings is 2. The van der Waals surface area contributed by atoms with E-state index in [0.717, 1.165) is 5.56 Å². The number of carbonyl (C=O) groups is 1. The van der Waals surface area contributed by atoms with E-state index < -0.39 is 30.1 Å². The molecule has 3 aromatic rings. The fourth-order valence-corrected chi connectivity index (χ4v) is 3.15. The lowest BCUT2D eigenvalue weighted by Gasteiger charge is -2.31. The third-order valence-electron chi connectivity index (χ3n) is 4.38. The molecule has 3 rings (SSSR count). The van der Waals surface area contributed by atoms with E-state index in [0.29, 0.717) is 5.39 Å². The van der Waals surface area contributed by atoms with Crippen molar-refractivity contribution in [1.82, 2.24) is 10.3 Å². The van der Waals surface area contributed by atoms with Crippen LogP contribution < -0.4 is 5.32 Å². The molecule has 0 unspecified atom stereocenters. The lowest BCUT2D eigenvalue weighted by molar-refractivity contribution is 0.0768. The Morgan fingerprint density at radius 1 is 1.14 bits per heavy atom. The van der Waals surface area contributed by atoms with Gasteiger partial charge in [-0.2, -0.15) is 13.5 Å². The molecule has 0 fully saturated rings. The van der Waals surface area contributed by atoms with Gasteiger partial charge >= 0.3 is 0 Å². The number of pyridine rings is 1. The lowest BCUT2D eigenvalue weighted by Crippen LogP contribution is -2.49. The summed E-state index contributed by atoms with van der Waals surface area (Å²) in [6.07, 6.45) is -1.53. The van der Waals surface area contributed by atoms with Crippen LogP contribution in [0.1, 0.15) is 29.3 Å². The fourth-order valence-electron chi connectivity index (χ4n) is 3.15. The molecule has 1 amide bonds. The second kappa shape index (κ2) is 9.10. The molecule has 3 nitrogen and oxygen atoms in total. The molecule has 0 aliphatic rings. The highest BCUT2D eigenvalue weighted by Gasteiger charge is 2.31. The van der Waals surface area contributed by atoms with Gasteiger partial charge in [-0.05, 0) is 31.0 Å². The molecule has 1 aromatic heterocycles. The van der Waals surface area contributed by atoms with Crippen LogP contribution in [0.15, 0.2) is 60.8 Å². The highest BCUT2D eigenvalue weighted by Crippen LogP contribution is 2.23. The first-order valence-electron chi connectivity index (χ1n) is 8.55. The number of halogens is 3. The summed E-state index contributed by atoms with van der Waals surface area (Å²) < 4.78 is 40.0. The fraction of sp³-hybridized carbons (Fsp3) is 0.238. The van der Waals surface area contributed by atoms with E-state index in [1.165, 1.54) is 24.4 Å². The predicted molar refractivity (Wildman–Crippen MR) is 109 cm³/mol. The number of para-hydroxylation sites is 1. The lowest BCUT2D eigenvalue weighted by atomic mass is 9.89. The van der Waals surface area contributed by atoms with Crippen LogP contribution in [0.2, 0.25) is 0 Å². The highest BCUT2D eigenvalue weighted by atomic mass is 32.1. The number of alkyl halides is 2. The minimum absolute atomic E-state index is 0. The zero-order chi connectivity index (χ0) is 19.4. The third kappa shape index (κ3) is 5.25. The monoisotopic (exact) mass is 406 g/mol. The maximum atomic E-state index is 13.7. The first-order valence-corrected chi connectivity index (χ1v) is 8.55. The SMILES string of the molecule is C[C@](Cc1ccccc1)(CC(F)F)NC(=O)c1cnc2c(F)cccc2c1.S. The first-order chi connectivity index (χ1) is 12.9. The number of aromatic nitrogens is 1. The summed E-state index contributed by atoms with van der Waals surface area (Å²) in [5.41, 5.74) is 0.0683. The molecule has 0 aliphatic heterocycles. The van der Waals surface area contributed by atoms with Gasteiger partial charge in [-0.15, -0.1) is 0 Å². The molecule has 1 atom stereocenters. The molecule has 1 N–H and O–H groups in total. The Hall–Kier alpha value is -2.54. The third-order valence-corrected chi connectivity index (χ3v) is 4.38. The van der Waals surface area contributed by atoms with Crippen molar-refractivity contribution < 1.29 is 18.0 Å². The normalized spacial score (nSPS) is 13.0. The Morgan fingerprint density at radius 2 is 1.86 bits per heavy atom. The van der Waals surface area contributed by atoms with Gasteiger partial charge in [-0.1, -0.05) is 42.5 Å². The largest absolute Gasteiger partial charge is 0.346 e. The number of hydrogen-bond acceptors (Lipinski definition) is 2. The van der Waals surface area contributed by atoms with Crippen LogP contribution in [0.25, 0.3) is 10.9 Å². The molecule has 0 saturated heterocycles. The Kier molecular flexibility index (Phi) is 7.07. The number of fused-ring (bicyclic) bond motifs is 1. The van der Waals surface area contributed by atoms with Crippen molar-refractivity contribution in [1.29, 1.82) is 0 Å². The Bertz CT molecular complexity index is 953. The topological polar surface area (TPSA) is 42.0 Å². The van der Waals surface area contributed by atoms with E-state index in [9.17, 15) is 18.0 Å². The van der Waals surface area contributed by atoms with E-state index in [1.54, 1.807) is 13.0 Å². The van der Waals surface area contributed by atoms with Gasteiger partial charge < -0.3 is 5.32 Å². The Labute approximate surface area is 168 Å². The minimum Gasteiger partial charge on any atom is -0.346 e. The van der Waals surface area contributed by atoms with Gasteiger partial charge in [0.25, 0.3) is 5.91 Å². The summed E-state index contributed by atoms with van der Waals surface area (Å²) in [6, 6.07) is 15.1. The standard InChI is InChI=1S/C21H19F3N2O.H2S/c1-21(12-18(23)24,11-14-6-3-2-4-7-14)26-20(27)16-10-15-8-5-9-17(22)19(15)25-13-16;/h2-10,13,18H,11-12H2,1H3,(H,26,27);1H2/t21-;/m0./s1. The van der Waals surface area contributed by atoms with Gasteiger partial charge in [0.15, 0.2) is 0 Å². The predicted octanol–water partition coefficient (Wildman–Crippen LogP) is 4.87. The van der Waals surface area contributed by atoms with Gasteiger partial charge in [0.2, 0.25) is 6.43 Å². The molecular weight excluding hydrogens is 385 g/mol. The van der Waals surface area contributed by atoms with Gasteiger partial charge in [0.1, 0.15) is 11.3 Å². The molecule has 0 bridgehead atoms. The Morgan fingerprint density at radius 3 is 2.54 bits per heavy atom. The minimum atomic E-state index is -2.57. The number of hydrogen-bond donors (Lipinski definition) is 1. The molecule has 2 aromatic carbocycles. The van der Waals surface area contributed by atoms with Crippen LogP contribution in [0.5, 0.6) is 0 Å². The molecule has 28 heavy (non-hydrogen) atoms. The molecular formula is C21H21F3N2OS.